The van der Waals surface area contributed by atoms with E-state index in [1.807, 2.05) is 0 Å². The minimum Gasteiger partial charge on any atom is -0.493 e. The first-order valence-corrected chi connectivity index (χ1v) is 9.46. The standard InChI is InChI=1S/C23H21NO7/c1-13-21(23(26)29-4)16(9-14-5-7-18-20(10-14)31-12-30-18)22(25)24(13)15-6-8-17(27-2)19(11-15)28-3/h5-11H,12H2,1-4H3. The van der Waals surface area contributed by atoms with E-state index in [1.165, 1.54) is 26.2 Å². The number of esters is 1. The molecule has 0 unspecified atom stereocenters. The molecule has 0 bridgehead atoms. The van der Waals surface area contributed by atoms with E-state index in [0.29, 0.717) is 39.9 Å². The van der Waals surface area contributed by atoms with Crippen molar-refractivity contribution in [3.8, 4) is 23.0 Å². The molecular formula is C23H21NO7. The van der Waals surface area contributed by atoms with Crippen LogP contribution < -0.4 is 23.8 Å². The molecule has 1 amide bonds. The van der Waals surface area contributed by atoms with Gasteiger partial charge in [-0.25, -0.2) is 4.79 Å². The van der Waals surface area contributed by atoms with Gasteiger partial charge >= 0.3 is 5.97 Å². The van der Waals surface area contributed by atoms with Crippen LogP contribution in [0.3, 0.4) is 0 Å². The molecule has 0 aliphatic carbocycles. The lowest BCUT2D eigenvalue weighted by atomic mass is 10.0. The average Bonchev–Trinajstić information content (AvgIpc) is 3.34. The van der Waals surface area contributed by atoms with E-state index in [2.05, 4.69) is 0 Å². The van der Waals surface area contributed by atoms with Crippen molar-refractivity contribution in [2.45, 2.75) is 6.92 Å². The van der Waals surface area contributed by atoms with Crippen LogP contribution in [0.1, 0.15) is 12.5 Å². The summed E-state index contributed by atoms with van der Waals surface area (Å²) in [7, 11) is 4.33. The zero-order valence-corrected chi connectivity index (χ0v) is 17.6. The molecule has 4 rings (SSSR count). The highest BCUT2D eigenvalue weighted by molar-refractivity contribution is 6.23. The van der Waals surface area contributed by atoms with Crippen molar-refractivity contribution >= 4 is 23.6 Å². The molecule has 0 saturated heterocycles. The van der Waals surface area contributed by atoms with Crippen LogP contribution in [0.2, 0.25) is 0 Å². The normalized spacial score (nSPS) is 16.2. The van der Waals surface area contributed by atoms with Crippen LogP contribution in [0, 0.1) is 0 Å². The van der Waals surface area contributed by atoms with Crippen LogP contribution in [0.4, 0.5) is 5.69 Å². The zero-order chi connectivity index (χ0) is 22.1. The van der Waals surface area contributed by atoms with E-state index in [4.69, 9.17) is 23.7 Å². The fraction of sp³-hybridized carbons (Fsp3) is 0.217. The SMILES string of the molecule is COC(=O)C1=C(C)N(c2ccc(OC)c(OC)c2)C(=O)C1=Cc1ccc2c(c1)OCO2. The van der Waals surface area contributed by atoms with Gasteiger partial charge in [-0.2, -0.15) is 0 Å². The molecule has 0 fully saturated rings. The van der Waals surface area contributed by atoms with Crippen molar-refractivity contribution in [1.29, 1.82) is 0 Å². The number of carbonyl (C=O) groups is 2. The van der Waals surface area contributed by atoms with Crippen LogP contribution >= 0.6 is 0 Å². The number of methoxy groups -OCH3 is 3. The fourth-order valence-corrected chi connectivity index (χ4v) is 3.62. The second kappa shape index (κ2) is 8.06. The number of allylic oxidation sites excluding steroid dienone is 1. The summed E-state index contributed by atoms with van der Waals surface area (Å²) >= 11 is 0. The summed E-state index contributed by atoms with van der Waals surface area (Å²) in [5, 5.41) is 0. The van der Waals surface area contributed by atoms with Crippen molar-refractivity contribution in [2.75, 3.05) is 33.0 Å². The lowest BCUT2D eigenvalue weighted by Crippen LogP contribution is -2.24. The molecule has 0 saturated carbocycles. The van der Waals surface area contributed by atoms with E-state index in [0.717, 1.165) is 0 Å². The Balaban J connectivity index is 1.80. The van der Waals surface area contributed by atoms with Crippen LogP contribution in [0.25, 0.3) is 6.08 Å². The number of nitrogens with zero attached hydrogens (tertiary/aromatic N) is 1. The minimum atomic E-state index is -0.596. The van der Waals surface area contributed by atoms with E-state index >= 15 is 0 Å². The van der Waals surface area contributed by atoms with Crippen LogP contribution in [-0.4, -0.2) is 40.0 Å². The second-order valence-corrected chi connectivity index (χ2v) is 6.80. The third kappa shape index (κ3) is 3.46. The molecule has 160 valence electrons. The van der Waals surface area contributed by atoms with Crippen LogP contribution in [-0.2, 0) is 14.3 Å². The number of hydrogen-bond donors (Lipinski definition) is 0. The maximum atomic E-state index is 13.4. The quantitative estimate of drug-likeness (QED) is 0.539. The van der Waals surface area contributed by atoms with Gasteiger partial charge in [0.1, 0.15) is 0 Å². The summed E-state index contributed by atoms with van der Waals surface area (Å²) < 4.78 is 26.3. The number of ether oxygens (including phenoxy) is 5. The maximum Gasteiger partial charge on any atom is 0.340 e. The number of fused-ring (bicyclic) bond motifs is 1. The number of anilines is 1. The summed E-state index contributed by atoms with van der Waals surface area (Å²) in [5.74, 6) is 1.25. The summed E-state index contributed by atoms with van der Waals surface area (Å²) in [6, 6.07) is 10.4. The molecule has 2 aromatic carbocycles. The first-order valence-electron chi connectivity index (χ1n) is 9.46. The van der Waals surface area contributed by atoms with Crippen molar-refractivity contribution in [3.63, 3.8) is 0 Å². The first-order chi connectivity index (χ1) is 15.0. The largest absolute Gasteiger partial charge is 0.493 e. The number of rotatable bonds is 5. The Morgan fingerprint density at radius 2 is 1.74 bits per heavy atom. The molecule has 2 aliphatic heterocycles. The monoisotopic (exact) mass is 423 g/mol. The Morgan fingerprint density at radius 3 is 2.45 bits per heavy atom. The Bertz CT molecular complexity index is 1130. The van der Waals surface area contributed by atoms with E-state index < -0.39 is 5.97 Å². The Morgan fingerprint density at radius 1 is 1.00 bits per heavy atom. The van der Waals surface area contributed by atoms with Crippen LogP contribution in [0.15, 0.2) is 53.2 Å². The van der Waals surface area contributed by atoms with Gasteiger partial charge in [0, 0.05) is 11.8 Å². The lowest BCUT2D eigenvalue weighted by molar-refractivity contribution is -0.136. The molecule has 31 heavy (non-hydrogen) atoms. The van der Waals surface area contributed by atoms with Gasteiger partial charge in [0.15, 0.2) is 23.0 Å². The third-order valence-electron chi connectivity index (χ3n) is 5.12. The third-order valence-corrected chi connectivity index (χ3v) is 5.12. The van der Waals surface area contributed by atoms with Crippen LogP contribution in [0.5, 0.6) is 23.0 Å². The highest BCUT2D eigenvalue weighted by atomic mass is 16.7. The molecule has 2 aliphatic rings. The van der Waals surface area contributed by atoms with Gasteiger partial charge in [0.25, 0.3) is 5.91 Å². The van der Waals surface area contributed by atoms with Gasteiger partial charge in [-0.1, -0.05) is 6.07 Å². The summed E-state index contributed by atoms with van der Waals surface area (Å²) in [4.78, 5) is 27.4. The first kappa shape index (κ1) is 20.3. The highest BCUT2D eigenvalue weighted by Crippen LogP contribution is 2.40. The predicted octanol–water partition coefficient (Wildman–Crippen LogP) is 3.31. The number of amides is 1. The Kier molecular flexibility index (Phi) is 5.29. The second-order valence-electron chi connectivity index (χ2n) is 6.80. The van der Waals surface area contributed by atoms with Crippen molar-refractivity contribution in [1.82, 2.24) is 0 Å². The summed E-state index contributed by atoms with van der Waals surface area (Å²) in [6.45, 7) is 1.84. The van der Waals surface area contributed by atoms with E-state index in [9.17, 15) is 9.59 Å². The fourth-order valence-electron chi connectivity index (χ4n) is 3.62. The van der Waals surface area contributed by atoms with Crippen molar-refractivity contribution in [3.05, 3.63) is 58.8 Å². The zero-order valence-electron chi connectivity index (χ0n) is 17.6. The van der Waals surface area contributed by atoms with Gasteiger partial charge in [-0.05, 0) is 42.8 Å². The molecule has 2 heterocycles. The van der Waals surface area contributed by atoms with Gasteiger partial charge in [-0.3, -0.25) is 9.69 Å². The summed E-state index contributed by atoms with van der Waals surface area (Å²) in [6.07, 6.45) is 1.64. The molecule has 0 spiro atoms. The van der Waals surface area contributed by atoms with Crippen molar-refractivity contribution in [2.24, 2.45) is 0 Å². The number of hydrogen-bond acceptors (Lipinski definition) is 7. The predicted molar refractivity (Wildman–Crippen MR) is 112 cm³/mol. The van der Waals surface area contributed by atoms with E-state index in [-0.39, 0.29) is 23.8 Å². The van der Waals surface area contributed by atoms with Crippen molar-refractivity contribution < 1.29 is 33.3 Å². The molecular weight excluding hydrogens is 402 g/mol. The van der Waals surface area contributed by atoms with E-state index in [1.54, 1.807) is 49.4 Å². The topological polar surface area (TPSA) is 83.5 Å². The number of benzene rings is 2. The lowest BCUT2D eigenvalue weighted by Gasteiger charge is -2.19. The molecule has 2 aromatic rings. The molecule has 8 heteroatoms. The van der Waals surface area contributed by atoms with Gasteiger partial charge in [0.2, 0.25) is 6.79 Å². The summed E-state index contributed by atoms with van der Waals surface area (Å²) in [5.41, 5.74) is 2.10. The molecule has 0 atom stereocenters. The van der Waals surface area contributed by atoms with Gasteiger partial charge in [0.05, 0.1) is 38.2 Å². The van der Waals surface area contributed by atoms with Gasteiger partial charge in [-0.15, -0.1) is 0 Å². The molecule has 0 N–H and O–H groups in total. The molecule has 0 aromatic heterocycles. The molecule has 8 nitrogen and oxygen atoms in total. The smallest absolute Gasteiger partial charge is 0.340 e. The Hall–Kier alpha value is -3.94. The minimum absolute atomic E-state index is 0.147. The average molecular weight is 423 g/mol. The Labute approximate surface area is 179 Å². The maximum absolute atomic E-state index is 13.4. The highest BCUT2D eigenvalue weighted by Gasteiger charge is 2.38. The number of carbonyl (C=O) groups excluding carboxylic acids is 2. The van der Waals surface area contributed by atoms with Gasteiger partial charge < -0.3 is 23.7 Å². The molecule has 0 radical (unpaired) electrons.